The largest absolute Gasteiger partial charge is 0.491 e. The van der Waals surface area contributed by atoms with Crippen molar-refractivity contribution in [2.75, 3.05) is 26.2 Å². The van der Waals surface area contributed by atoms with E-state index < -0.39 is 10.0 Å². The highest BCUT2D eigenvalue weighted by atomic mass is 32.2. The Morgan fingerprint density at radius 2 is 1.90 bits per heavy atom. The molecule has 1 saturated heterocycles. The highest BCUT2D eigenvalue weighted by molar-refractivity contribution is 7.89. The average Bonchev–Trinajstić information content (AvgIpc) is 2.74. The first-order chi connectivity index (χ1) is 13.9. The molecule has 0 spiro atoms. The molecule has 1 unspecified atom stereocenters. The molecule has 0 saturated carbocycles. The number of rotatable bonds is 7. The van der Waals surface area contributed by atoms with E-state index in [2.05, 4.69) is 5.32 Å². The minimum absolute atomic E-state index is 0.123. The number of carbonyl (C=O) groups excluding carboxylic acids is 1. The van der Waals surface area contributed by atoms with Gasteiger partial charge in [-0.05, 0) is 56.0 Å². The molecule has 1 heterocycles. The van der Waals surface area contributed by atoms with Gasteiger partial charge in [0.05, 0.1) is 17.4 Å². The molecule has 1 atom stereocenters. The van der Waals surface area contributed by atoms with Crippen LogP contribution in [0.15, 0.2) is 53.4 Å². The smallest absolute Gasteiger partial charge is 0.243 e. The van der Waals surface area contributed by atoms with Crippen molar-refractivity contribution in [2.45, 2.75) is 31.6 Å². The van der Waals surface area contributed by atoms with Crippen LogP contribution in [0.25, 0.3) is 0 Å². The SMILES string of the molecule is Cc1cccc(OCCNC(=O)C2CCCN(S(=O)(=O)c3ccccc3)C2)c1C. The van der Waals surface area contributed by atoms with Crippen molar-refractivity contribution in [3.05, 3.63) is 59.7 Å². The van der Waals surface area contributed by atoms with Crippen LogP contribution in [0, 0.1) is 19.8 Å². The first kappa shape index (κ1) is 21.3. The van der Waals surface area contributed by atoms with Crippen LogP contribution in [0.3, 0.4) is 0 Å². The molecule has 0 bridgehead atoms. The van der Waals surface area contributed by atoms with E-state index in [1.807, 2.05) is 32.0 Å². The summed E-state index contributed by atoms with van der Waals surface area (Å²) < 4.78 is 32.8. The summed E-state index contributed by atoms with van der Waals surface area (Å²) in [5.74, 6) is 0.350. The first-order valence-corrected chi connectivity index (χ1v) is 11.4. The lowest BCUT2D eigenvalue weighted by atomic mass is 9.99. The minimum Gasteiger partial charge on any atom is -0.491 e. The van der Waals surface area contributed by atoms with Crippen LogP contribution < -0.4 is 10.1 Å². The number of piperidine rings is 1. The Labute approximate surface area is 172 Å². The second-order valence-corrected chi connectivity index (χ2v) is 9.29. The van der Waals surface area contributed by atoms with Gasteiger partial charge in [0.15, 0.2) is 0 Å². The summed E-state index contributed by atoms with van der Waals surface area (Å²) in [7, 11) is -3.57. The number of amides is 1. The van der Waals surface area contributed by atoms with Gasteiger partial charge in [-0.25, -0.2) is 8.42 Å². The molecule has 1 fully saturated rings. The third-order valence-electron chi connectivity index (χ3n) is 5.35. The molecule has 156 valence electrons. The Morgan fingerprint density at radius 1 is 1.14 bits per heavy atom. The Morgan fingerprint density at radius 3 is 2.66 bits per heavy atom. The fourth-order valence-electron chi connectivity index (χ4n) is 3.48. The Hall–Kier alpha value is -2.38. The summed E-state index contributed by atoms with van der Waals surface area (Å²) in [5, 5.41) is 2.88. The molecule has 3 rings (SSSR count). The second-order valence-electron chi connectivity index (χ2n) is 7.35. The normalized spacial score (nSPS) is 17.7. The molecular weight excluding hydrogens is 388 g/mol. The standard InChI is InChI=1S/C22H28N2O4S/c1-17-8-6-12-21(18(17)2)28-15-13-23-22(25)19-9-7-14-24(16-19)29(26,27)20-10-4-3-5-11-20/h3-6,8,10-12,19H,7,9,13-16H2,1-2H3,(H,23,25). The lowest BCUT2D eigenvalue weighted by molar-refractivity contribution is -0.126. The van der Waals surface area contributed by atoms with Crippen molar-refractivity contribution in [1.82, 2.24) is 9.62 Å². The third kappa shape index (κ3) is 5.16. The highest BCUT2D eigenvalue weighted by Gasteiger charge is 2.33. The van der Waals surface area contributed by atoms with E-state index >= 15 is 0 Å². The molecule has 2 aromatic carbocycles. The number of benzene rings is 2. The van der Waals surface area contributed by atoms with Gasteiger partial charge in [0, 0.05) is 13.1 Å². The van der Waals surface area contributed by atoms with E-state index in [1.165, 1.54) is 4.31 Å². The third-order valence-corrected chi connectivity index (χ3v) is 7.23. The number of sulfonamides is 1. The molecule has 0 aliphatic carbocycles. The average molecular weight is 417 g/mol. The van der Waals surface area contributed by atoms with Gasteiger partial charge in [-0.15, -0.1) is 0 Å². The van der Waals surface area contributed by atoms with Crippen LogP contribution in [0.4, 0.5) is 0 Å². The Bertz CT molecular complexity index is 945. The van der Waals surface area contributed by atoms with Gasteiger partial charge in [0.1, 0.15) is 12.4 Å². The van der Waals surface area contributed by atoms with Gasteiger partial charge in [-0.1, -0.05) is 30.3 Å². The quantitative estimate of drug-likeness (QED) is 0.704. The lowest BCUT2D eigenvalue weighted by Gasteiger charge is -2.31. The molecule has 0 aromatic heterocycles. The van der Waals surface area contributed by atoms with E-state index in [1.54, 1.807) is 30.3 Å². The maximum atomic E-state index is 12.8. The monoisotopic (exact) mass is 416 g/mol. The molecule has 6 nitrogen and oxygen atoms in total. The number of hydrogen-bond donors (Lipinski definition) is 1. The minimum atomic E-state index is -3.57. The van der Waals surface area contributed by atoms with Crippen molar-refractivity contribution in [2.24, 2.45) is 5.92 Å². The molecule has 2 aromatic rings. The van der Waals surface area contributed by atoms with E-state index in [4.69, 9.17) is 4.74 Å². The summed E-state index contributed by atoms with van der Waals surface area (Å²) >= 11 is 0. The molecule has 1 amide bonds. The number of nitrogens with one attached hydrogen (secondary N) is 1. The maximum Gasteiger partial charge on any atom is 0.243 e. The summed E-state index contributed by atoms with van der Waals surface area (Å²) in [5.41, 5.74) is 2.25. The van der Waals surface area contributed by atoms with Gasteiger partial charge in [-0.3, -0.25) is 4.79 Å². The van der Waals surface area contributed by atoms with Crippen LogP contribution >= 0.6 is 0 Å². The lowest BCUT2D eigenvalue weighted by Crippen LogP contribution is -2.45. The molecule has 1 aliphatic heterocycles. The van der Waals surface area contributed by atoms with E-state index in [0.29, 0.717) is 32.5 Å². The van der Waals surface area contributed by atoms with Crippen molar-refractivity contribution in [3.63, 3.8) is 0 Å². The summed E-state index contributed by atoms with van der Waals surface area (Å²) in [6, 6.07) is 14.3. The van der Waals surface area contributed by atoms with E-state index in [-0.39, 0.29) is 23.3 Å². The number of nitrogens with zero attached hydrogens (tertiary/aromatic N) is 1. The van der Waals surface area contributed by atoms with Crippen molar-refractivity contribution >= 4 is 15.9 Å². The zero-order chi connectivity index (χ0) is 20.9. The molecule has 0 radical (unpaired) electrons. The number of aryl methyl sites for hydroxylation is 1. The summed E-state index contributed by atoms with van der Waals surface area (Å²) in [6.45, 7) is 5.44. The Kier molecular flexibility index (Phi) is 6.92. The van der Waals surface area contributed by atoms with Crippen molar-refractivity contribution in [1.29, 1.82) is 0 Å². The molecule has 1 aliphatic rings. The summed E-state index contributed by atoms with van der Waals surface area (Å²) in [4.78, 5) is 12.8. The summed E-state index contributed by atoms with van der Waals surface area (Å²) in [6.07, 6.45) is 1.35. The predicted octanol–water partition coefficient (Wildman–Crippen LogP) is 2.90. The fourth-order valence-corrected chi connectivity index (χ4v) is 5.02. The van der Waals surface area contributed by atoms with Gasteiger partial charge < -0.3 is 10.1 Å². The number of carbonyl (C=O) groups is 1. The zero-order valence-electron chi connectivity index (χ0n) is 16.9. The van der Waals surface area contributed by atoms with Crippen molar-refractivity contribution < 1.29 is 17.9 Å². The van der Waals surface area contributed by atoms with Crippen LogP contribution in [0.1, 0.15) is 24.0 Å². The molecule has 7 heteroatoms. The Balaban J connectivity index is 1.51. The van der Waals surface area contributed by atoms with Gasteiger partial charge >= 0.3 is 0 Å². The van der Waals surface area contributed by atoms with Crippen LogP contribution in [0.2, 0.25) is 0 Å². The van der Waals surface area contributed by atoms with Crippen LogP contribution in [-0.2, 0) is 14.8 Å². The second kappa shape index (κ2) is 9.41. The topological polar surface area (TPSA) is 75.7 Å². The molecule has 1 N–H and O–H groups in total. The zero-order valence-corrected chi connectivity index (χ0v) is 17.7. The van der Waals surface area contributed by atoms with Gasteiger partial charge in [0.25, 0.3) is 0 Å². The van der Waals surface area contributed by atoms with E-state index in [0.717, 1.165) is 16.9 Å². The van der Waals surface area contributed by atoms with Gasteiger partial charge in [0.2, 0.25) is 15.9 Å². The first-order valence-electron chi connectivity index (χ1n) is 9.91. The van der Waals surface area contributed by atoms with Crippen LogP contribution in [-0.4, -0.2) is 44.9 Å². The van der Waals surface area contributed by atoms with Crippen molar-refractivity contribution in [3.8, 4) is 5.75 Å². The molecular formula is C22H28N2O4S. The van der Waals surface area contributed by atoms with Crippen LogP contribution in [0.5, 0.6) is 5.75 Å². The van der Waals surface area contributed by atoms with Gasteiger partial charge in [-0.2, -0.15) is 4.31 Å². The van der Waals surface area contributed by atoms with E-state index in [9.17, 15) is 13.2 Å². The highest BCUT2D eigenvalue weighted by Crippen LogP contribution is 2.24. The number of ether oxygens (including phenoxy) is 1. The maximum absolute atomic E-state index is 12.8. The molecule has 29 heavy (non-hydrogen) atoms. The number of hydrogen-bond acceptors (Lipinski definition) is 4. The predicted molar refractivity (Wildman–Crippen MR) is 112 cm³/mol. The fraction of sp³-hybridized carbons (Fsp3) is 0.409.